The van der Waals surface area contributed by atoms with Crippen LogP contribution in [0.1, 0.15) is 24.6 Å². The van der Waals surface area contributed by atoms with Crippen LogP contribution in [0.3, 0.4) is 0 Å². The van der Waals surface area contributed by atoms with E-state index in [1.807, 2.05) is 0 Å². The first-order valence-electron chi connectivity index (χ1n) is 6.43. The van der Waals surface area contributed by atoms with E-state index in [9.17, 15) is 13.2 Å². The third kappa shape index (κ3) is 3.60. The van der Waals surface area contributed by atoms with Crippen LogP contribution in [0.15, 0.2) is 30.3 Å². The van der Waals surface area contributed by atoms with Crippen LogP contribution in [0.5, 0.6) is 0 Å². The number of aromatic nitrogens is 2. The monoisotopic (exact) mass is 283 g/mol. The summed E-state index contributed by atoms with van der Waals surface area (Å²) >= 11 is 0. The second kappa shape index (κ2) is 6.09. The van der Waals surface area contributed by atoms with Crippen LogP contribution in [-0.4, -0.2) is 16.7 Å². The number of H-pyrrole nitrogens is 1. The molecule has 0 bridgehead atoms. The molecule has 0 aliphatic heterocycles. The minimum Gasteiger partial charge on any atom is -0.311 e. The lowest BCUT2D eigenvalue weighted by Crippen LogP contribution is -2.13. The van der Waals surface area contributed by atoms with Crippen LogP contribution >= 0.6 is 0 Å². The molecule has 0 fully saturated rings. The van der Waals surface area contributed by atoms with Crippen LogP contribution in [0, 0.1) is 0 Å². The molecule has 0 amide bonds. The molecule has 0 aliphatic rings. The Morgan fingerprint density at radius 2 is 2.05 bits per heavy atom. The van der Waals surface area contributed by atoms with Gasteiger partial charge in [0, 0.05) is 17.8 Å². The molecular weight excluding hydrogens is 267 g/mol. The fraction of sp³-hybridized carbons (Fsp3) is 0.357. The van der Waals surface area contributed by atoms with Gasteiger partial charge in [-0.3, -0.25) is 5.10 Å². The van der Waals surface area contributed by atoms with Crippen LogP contribution in [0.4, 0.5) is 13.2 Å². The maximum absolute atomic E-state index is 12.7. The highest BCUT2D eigenvalue weighted by atomic mass is 19.4. The highest BCUT2D eigenvalue weighted by Crippen LogP contribution is 2.31. The van der Waals surface area contributed by atoms with Crippen molar-refractivity contribution in [3.63, 3.8) is 0 Å². The predicted molar refractivity (Wildman–Crippen MR) is 71.0 cm³/mol. The summed E-state index contributed by atoms with van der Waals surface area (Å²) in [4.78, 5) is 0. The molecule has 20 heavy (non-hydrogen) atoms. The van der Waals surface area contributed by atoms with Gasteiger partial charge in [0.1, 0.15) is 0 Å². The van der Waals surface area contributed by atoms with E-state index >= 15 is 0 Å². The zero-order chi connectivity index (χ0) is 14.6. The van der Waals surface area contributed by atoms with Crippen molar-refractivity contribution in [1.82, 2.24) is 15.5 Å². The molecule has 2 aromatic rings. The molecular formula is C14H16F3N3. The fourth-order valence-corrected chi connectivity index (χ4v) is 1.85. The molecule has 6 heteroatoms. The third-order valence-electron chi connectivity index (χ3n) is 2.86. The Labute approximate surface area is 115 Å². The number of nitrogens with one attached hydrogen (secondary N) is 2. The zero-order valence-electron chi connectivity index (χ0n) is 11.1. The van der Waals surface area contributed by atoms with Gasteiger partial charge >= 0.3 is 6.18 Å². The molecule has 108 valence electrons. The van der Waals surface area contributed by atoms with E-state index in [1.165, 1.54) is 6.07 Å². The van der Waals surface area contributed by atoms with Gasteiger partial charge in [-0.25, -0.2) is 0 Å². The quantitative estimate of drug-likeness (QED) is 0.823. The van der Waals surface area contributed by atoms with E-state index in [1.54, 1.807) is 12.1 Å². The normalized spacial score (nSPS) is 11.8. The molecule has 2 N–H and O–H groups in total. The summed E-state index contributed by atoms with van der Waals surface area (Å²) in [6, 6.07) is 6.94. The first kappa shape index (κ1) is 14.6. The van der Waals surface area contributed by atoms with Crippen molar-refractivity contribution in [2.75, 3.05) is 6.54 Å². The van der Waals surface area contributed by atoms with Crippen molar-refractivity contribution in [3.05, 3.63) is 41.6 Å². The summed E-state index contributed by atoms with van der Waals surface area (Å²) in [5.41, 5.74) is 1.16. The summed E-state index contributed by atoms with van der Waals surface area (Å²) in [6.45, 7) is 3.58. The van der Waals surface area contributed by atoms with Gasteiger partial charge in [0.25, 0.3) is 0 Å². The Morgan fingerprint density at radius 1 is 1.25 bits per heavy atom. The van der Waals surface area contributed by atoms with Gasteiger partial charge in [-0.1, -0.05) is 19.1 Å². The van der Waals surface area contributed by atoms with Crippen molar-refractivity contribution >= 4 is 0 Å². The van der Waals surface area contributed by atoms with Crippen LogP contribution in [0.25, 0.3) is 11.3 Å². The molecule has 0 radical (unpaired) electrons. The van der Waals surface area contributed by atoms with Crippen LogP contribution < -0.4 is 5.32 Å². The second-order valence-electron chi connectivity index (χ2n) is 4.53. The van der Waals surface area contributed by atoms with Gasteiger partial charge in [-0.05, 0) is 31.2 Å². The minimum atomic E-state index is -4.34. The molecule has 1 aromatic carbocycles. The summed E-state index contributed by atoms with van der Waals surface area (Å²) < 4.78 is 38.0. The average molecular weight is 283 g/mol. The fourth-order valence-electron chi connectivity index (χ4n) is 1.85. The summed E-state index contributed by atoms with van der Waals surface area (Å²) in [5.74, 6) is 0. The number of aromatic amines is 1. The summed E-state index contributed by atoms with van der Waals surface area (Å²) in [7, 11) is 0. The molecule has 2 rings (SSSR count). The largest absolute Gasteiger partial charge is 0.416 e. The Kier molecular flexibility index (Phi) is 4.44. The molecule has 0 spiro atoms. The standard InChI is InChI=1S/C14H16F3N3/c1-2-6-18-9-12-8-13(20-19-12)10-4-3-5-11(7-10)14(15,16)17/h3-5,7-8,18H,2,6,9H2,1H3,(H,19,20). The highest BCUT2D eigenvalue weighted by Gasteiger charge is 2.30. The van der Waals surface area contributed by atoms with E-state index in [0.29, 0.717) is 17.8 Å². The van der Waals surface area contributed by atoms with Gasteiger partial charge in [0.2, 0.25) is 0 Å². The highest BCUT2D eigenvalue weighted by molar-refractivity contribution is 5.60. The number of rotatable bonds is 5. The molecule has 0 aliphatic carbocycles. The zero-order valence-corrected chi connectivity index (χ0v) is 11.1. The molecule has 1 heterocycles. The summed E-state index contributed by atoms with van der Waals surface area (Å²) in [6.07, 6.45) is -3.31. The number of alkyl halides is 3. The molecule has 1 aromatic heterocycles. The van der Waals surface area contributed by atoms with E-state index in [0.717, 1.165) is 30.8 Å². The van der Waals surface area contributed by atoms with Crippen molar-refractivity contribution < 1.29 is 13.2 Å². The smallest absolute Gasteiger partial charge is 0.311 e. The molecule has 0 saturated heterocycles. The van der Waals surface area contributed by atoms with Gasteiger partial charge in [0.05, 0.1) is 11.3 Å². The lowest BCUT2D eigenvalue weighted by Gasteiger charge is -2.07. The van der Waals surface area contributed by atoms with E-state index in [-0.39, 0.29) is 0 Å². The summed E-state index contributed by atoms with van der Waals surface area (Å²) in [5, 5.41) is 10.1. The lowest BCUT2D eigenvalue weighted by atomic mass is 10.1. The molecule has 0 unspecified atom stereocenters. The van der Waals surface area contributed by atoms with Gasteiger partial charge in [-0.2, -0.15) is 18.3 Å². The van der Waals surface area contributed by atoms with Crippen molar-refractivity contribution in [2.24, 2.45) is 0 Å². The number of hydrogen-bond acceptors (Lipinski definition) is 2. The minimum absolute atomic E-state index is 0.456. The Morgan fingerprint density at radius 3 is 2.75 bits per heavy atom. The number of hydrogen-bond donors (Lipinski definition) is 2. The number of benzene rings is 1. The van der Waals surface area contributed by atoms with Crippen molar-refractivity contribution in [3.8, 4) is 11.3 Å². The van der Waals surface area contributed by atoms with E-state index < -0.39 is 11.7 Å². The van der Waals surface area contributed by atoms with E-state index in [2.05, 4.69) is 22.4 Å². The second-order valence-corrected chi connectivity index (χ2v) is 4.53. The Bertz CT molecular complexity index is 561. The Hall–Kier alpha value is -1.82. The van der Waals surface area contributed by atoms with Crippen molar-refractivity contribution in [1.29, 1.82) is 0 Å². The first-order chi connectivity index (χ1) is 9.50. The molecule has 3 nitrogen and oxygen atoms in total. The van der Waals surface area contributed by atoms with Gasteiger partial charge in [-0.15, -0.1) is 0 Å². The van der Waals surface area contributed by atoms with Crippen LogP contribution in [0.2, 0.25) is 0 Å². The van der Waals surface area contributed by atoms with Gasteiger partial charge < -0.3 is 5.32 Å². The number of nitrogens with zero attached hydrogens (tertiary/aromatic N) is 1. The van der Waals surface area contributed by atoms with E-state index in [4.69, 9.17) is 0 Å². The van der Waals surface area contributed by atoms with Crippen LogP contribution in [-0.2, 0) is 12.7 Å². The molecule has 0 atom stereocenters. The maximum atomic E-state index is 12.7. The Balaban J connectivity index is 2.16. The third-order valence-corrected chi connectivity index (χ3v) is 2.86. The maximum Gasteiger partial charge on any atom is 0.416 e. The average Bonchev–Trinajstić information content (AvgIpc) is 2.87. The van der Waals surface area contributed by atoms with Crippen molar-refractivity contribution in [2.45, 2.75) is 26.1 Å². The first-order valence-corrected chi connectivity index (χ1v) is 6.43. The SMILES string of the molecule is CCCNCc1cc(-c2cccc(C(F)(F)F)c2)n[nH]1. The van der Waals surface area contributed by atoms with Gasteiger partial charge in [0.15, 0.2) is 0 Å². The lowest BCUT2D eigenvalue weighted by molar-refractivity contribution is -0.137. The number of halogens is 3. The topological polar surface area (TPSA) is 40.7 Å². The molecule has 0 saturated carbocycles. The predicted octanol–water partition coefficient (Wildman–Crippen LogP) is 3.60.